The van der Waals surface area contributed by atoms with E-state index >= 15 is 0 Å². The van der Waals surface area contributed by atoms with Crippen molar-refractivity contribution in [3.05, 3.63) is 83.0 Å². The number of carbonyl (C=O) groups is 2. The molecule has 0 bridgehead atoms. The predicted octanol–water partition coefficient (Wildman–Crippen LogP) is 4.25. The van der Waals surface area contributed by atoms with Crippen LogP contribution in [0, 0.1) is 0 Å². The number of likely N-dealkylation sites (N-methyl/N-ethyl adjacent to an activating group) is 1. The van der Waals surface area contributed by atoms with Crippen molar-refractivity contribution in [2.24, 2.45) is 0 Å². The molecule has 7 nitrogen and oxygen atoms in total. The quantitative estimate of drug-likeness (QED) is 0.402. The van der Waals surface area contributed by atoms with Gasteiger partial charge in [-0.15, -0.1) is 0 Å². The van der Waals surface area contributed by atoms with Gasteiger partial charge in [-0.05, 0) is 62.4 Å². The zero-order chi connectivity index (χ0) is 24.5. The second-order valence-electron chi connectivity index (χ2n) is 8.01. The molecule has 3 aromatic rings. The van der Waals surface area contributed by atoms with E-state index in [0.717, 1.165) is 29.8 Å². The number of nitrogens with zero attached hydrogens (tertiary/aromatic N) is 3. The molecule has 0 aliphatic heterocycles. The molecule has 0 fully saturated rings. The van der Waals surface area contributed by atoms with Crippen LogP contribution in [0.3, 0.4) is 0 Å². The number of amides is 2. The normalized spacial score (nSPS) is 11.5. The molecule has 2 amide bonds. The van der Waals surface area contributed by atoms with E-state index in [1.165, 1.54) is 0 Å². The molecule has 3 rings (SSSR count). The summed E-state index contributed by atoms with van der Waals surface area (Å²) < 4.78 is 0. The highest BCUT2D eigenvalue weighted by Gasteiger charge is 2.17. The Morgan fingerprint density at radius 1 is 1.09 bits per heavy atom. The van der Waals surface area contributed by atoms with Gasteiger partial charge in [-0.2, -0.15) is 0 Å². The molecule has 2 N–H and O–H groups in total. The highest BCUT2D eigenvalue weighted by Crippen LogP contribution is 2.29. The zero-order valence-electron chi connectivity index (χ0n) is 19.7. The molecular weight excluding hydrogens is 450 g/mol. The Balaban J connectivity index is 1.87. The maximum absolute atomic E-state index is 12.4. The van der Waals surface area contributed by atoms with E-state index in [2.05, 4.69) is 10.6 Å². The van der Waals surface area contributed by atoms with Crippen molar-refractivity contribution in [2.75, 3.05) is 30.9 Å². The van der Waals surface area contributed by atoms with Crippen LogP contribution in [-0.4, -0.2) is 48.9 Å². The summed E-state index contributed by atoms with van der Waals surface area (Å²) in [6, 6.07) is 20.8. The zero-order valence-corrected chi connectivity index (χ0v) is 20.4. The van der Waals surface area contributed by atoms with Crippen LogP contribution in [0.5, 0.6) is 0 Å². The number of halogens is 1. The summed E-state index contributed by atoms with van der Waals surface area (Å²) in [5.74, 6) is 0.250. The maximum atomic E-state index is 12.4. The first-order valence-corrected chi connectivity index (χ1v) is 11.5. The van der Waals surface area contributed by atoms with E-state index in [0.29, 0.717) is 29.6 Å². The average Bonchev–Trinajstić information content (AvgIpc) is 2.86. The number of benzene rings is 2. The van der Waals surface area contributed by atoms with Crippen molar-refractivity contribution < 1.29 is 9.59 Å². The molecule has 178 valence electrons. The van der Waals surface area contributed by atoms with Gasteiger partial charge in [0.15, 0.2) is 0 Å². The highest BCUT2D eigenvalue weighted by atomic mass is 35.5. The summed E-state index contributed by atoms with van der Waals surface area (Å²) >= 11 is 6.05. The van der Waals surface area contributed by atoms with Gasteiger partial charge in [-0.1, -0.05) is 41.9 Å². The number of pyridine rings is 1. The van der Waals surface area contributed by atoms with Crippen LogP contribution in [0.2, 0.25) is 5.02 Å². The summed E-state index contributed by atoms with van der Waals surface area (Å²) in [4.78, 5) is 32.6. The second-order valence-corrected chi connectivity index (χ2v) is 8.45. The molecule has 0 saturated carbocycles. The number of carbonyl (C=O) groups excluding carboxylic acids is 2. The van der Waals surface area contributed by atoms with Gasteiger partial charge in [0.05, 0.1) is 24.0 Å². The van der Waals surface area contributed by atoms with Gasteiger partial charge in [0.25, 0.3) is 0 Å². The van der Waals surface area contributed by atoms with Crippen LogP contribution in [0.25, 0.3) is 0 Å². The summed E-state index contributed by atoms with van der Waals surface area (Å²) in [7, 11) is 3.66. The second kappa shape index (κ2) is 12.2. The van der Waals surface area contributed by atoms with E-state index in [-0.39, 0.29) is 11.9 Å². The highest BCUT2D eigenvalue weighted by molar-refractivity contribution is 6.30. The number of anilines is 3. The van der Waals surface area contributed by atoms with Crippen LogP contribution < -0.4 is 15.5 Å². The van der Waals surface area contributed by atoms with Gasteiger partial charge in [0.1, 0.15) is 5.82 Å². The Bertz CT molecular complexity index is 1090. The first kappa shape index (κ1) is 25.2. The Kier molecular flexibility index (Phi) is 9.01. The molecule has 0 radical (unpaired) electrons. The van der Waals surface area contributed by atoms with Crippen LogP contribution in [-0.2, 0) is 22.6 Å². The first-order valence-electron chi connectivity index (χ1n) is 11.1. The lowest BCUT2D eigenvalue weighted by Crippen LogP contribution is -2.35. The monoisotopic (exact) mass is 479 g/mol. The lowest BCUT2D eigenvalue weighted by molar-refractivity contribution is -0.119. The van der Waals surface area contributed by atoms with Crippen molar-refractivity contribution >= 4 is 41.1 Å². The average molecular weight is 480 g/mol. The molecule has 1 aromatic heterocycles. The van der Waals surface area contributed by atoms with Gasteiger partial charge in [0, 0.05) is 24.3 Å². The molecule has 1 atom stereocenters. The Morgan fingerprint density at radius 3 is 2.44 bits per heavy atom. The fourth-order valence-corrected chi connectivity index (χ4v) is 3.56. The number of hydrogen-bond donors (Lipinski definition) is 2. The van der Waals surface area contributed by atoms with Crippen molar-refractivity contribution in [3.8, 4) is 0 Å². The van der Waals surface area contributed by atoms with E-state index in [4.69, 9.17) is 16.6 Å². The topological polar surface area (TPSA) is 77.6 Å². The molecule has 0 spiro atoms. The van der Waals surface area contributed by atoms with Gasteiger partial charge in [0.2, 0.25) is 12.3 Å². The molecule has 0 aliphatic carbocycles. The van der Waals surface area contributed by atoms with Crippen LogP contribution in [0.1, 0.15) is 18.2 Å². The molecule has 2 aromatic carbocycles. The largest absolute Gasteiger partial charge is 0.343 e. The number of hydrogen-bond acceptors (Lipinski definition) is 5. The molecule has 0 unspecified atom stereocenters. The van der Waals surface area contributed by atoms with E-state index in [1.807, 2.05) is 72.6 Å². The molecule has 0 saturated heterocycles. The summed E-state index contributed by atoms with van der Waals surface area (Å²) in [6.45, 7) is 2.62. The Labute approximate surface area is 205 Å². The van der Waals surface area contributed by atoms with E-state index < -0.39 is 0 Å². The van der Waals surface area contributed by atoms with Gasteiger partial charge in [-0.3, -0.25) is 9.59 Å². The molecule has 1 heterocycles. The molecule has 8 heteroatoms. The van der Waals surface area contributed by atoms with Gasteiger partial charge >= 0.3 is 0 Å². The third-order valence-electron chi connectivity index (χ3n) is 5.64. The lowest BCUT2D eigenvalue weighted by atomic mass is 10.1. The fraction of sp³-hybridized carbons (Fsp3) is 0.269. The molecule has 34 heavy (non-hydrogen) atoms. The third kappa shape index (κ3) is 6.79. The Hall–Kier alpha value is -3.42. The van der Waals surface area contributed by atoms with Crippen molar-refractivity contribution in [1.82, 2.24) is 15.2 Å². The van der Waals surface area contributed by atoms with Crippen LogP contribution >= 0.6 is 11.6 Å². The van der Waals surface area contributed by atoms with Crippen LogP contribution in [0.4, 0.5) is 17.2 Å². The SMILES string of the molecule is CN[C@@H](C)C(=O)Nc1ccc(N(C)c2ccc(Cl)cc2)c(CN(C=O)CCc2ccccc2)n1. The summed E-state index contributed by atoms with van der Waals surface area (Å²) in [5, 5.41) is 6.41. The standard InChI is InChI=1S/C26H30ClN5O2/c1-19(28-2)26(34)30-25-14-13-24(31(3)22-11-9-21(27)10-12-22)23(29-25)17-32(18-33)16-15-20-7-5-4-6-8-20/h4-14,18-19,28H,15-17H2,1-3H3,(H,29,30,34)/t19-/m0/s1. The Morgan fingerprint density at radius 2 is 1.79 bits per heavy atom. The molecular formula is C26H30ClN5O2. The third-order valence-corrected chi connectivity index (χ3v) is 5.89. The summed E-state index contributed by atoms with van der Waals surface area (Å²) in [5.41, 5.74) is 3.58. The van der Waals surface area contributed by atoms with Gasteiger partial charge in [-0.25, -0.2) is 4.98 Å². The first-order chi connectivity index (χ1) is 16.4. The van der Waals surface area contributed by atoms with Crippen molar-refractivity contribution in [3.63, 3.8) is 0 Å². The lowest BCUT2D eigenvalue weighted by Gasteiger charge is -2.25. The number of aromatic nitrogens is 1. The minimum Gasteiger partial charge on any atom is -0.343 e. The number of rotatable bonds is 11. The summed E-state index contributed by atoms with van der Waals surface area (Å²) in [6.07, 6.45) is 1.57. The van der Waals surface area contributed by atoms with Crippen LogP contribution in [0.15, 0.2) is 66.7 Å². The minimum atomic E-state index is -0.362. The molecule has 0 aliphatic rings. The van der Waals surface area contributed by atoms with E-state index in [9.17, 15) is 9.59 Å². The maximum Gasteiger partial charge on any atom is 0.242 e. The number of nitrogens with one attached hydrogen (secondary N) is 2. The van der Waals surface area contributed by atoms with Crippen molar-refractivity contribution in [1.29, 1.82) is 0 Å². The fourth-order valence-electron chi connectivity index (χ4n) is 3.43. The van der Waals surface area contributed by atoms with Crippen molar-refractivity contribution in [2.45, 2.75) is 25.9 Å². The smallest absolute Gasteiger partial charge is 0.242 e. The predicted molar refractivity (Wildman–Crippen MR) is 138 cm³/mol. The minimum absolute atomic E-state index is 0.184. The van der Waals surface area contributed by atoms with Gasteiger partial charge < -0.3 is 20.4 Å². The van der Waals surface area contributed by atoms with E-state index in [1.54, 1.807) is 24.9 Å².